The summed E-state index contributed by atoms with van der Waals surface area (Å²) in [7, 11) is 0. The van der Waals surface area contributed by atoms with E-state index in [4.69, 9.17) is 4.74 Å². The van der Waals surface area contributed by atoms with Crippen molar-refractivity contribution in [1.82, 2.24) is 10.2 Å². The number of amides is 1. The first-order valence-corrected chi connectivity index (χ1v) is 10.8. The molecular weight excluding hydrogens is 348 g/mol. The zero-order valence-corrected chi connectivity index (χ0v) is 16.7. The van der Waals surface area contributed by atoms with Crippen LogP contribution in [-0.4, -0.2) is 43.2 Å². The number of benzene rings is 2. The Balaban J connectivity index is 1.16. The molecule has 1 N–H and O–H groups in total. The van der Waals surface area contributed by atoms with Crippen LogP contribution in [0.5, 0.6) is 0 Å². The molecule has 2 aliphatic heterocycles. The van der Waals surface area contributed by atoms with Crippen molar-refractivity contribution < 1.29 is 9.53 Å². The number of carbonyl (C=O) groups is 1. The molecule has 0 radical (unpaired) electrons. The molecule has 0 spiro atoms. The van der Waals surface area contributed by atoms with E-state index in [0.29, 0.717) is 18.9 Å². The van der Waals surface area contributed by atoms with Crippen LogP contribution in [0.3, 0.4) is 0 Å². The van der Waals surface area contributed by atoms with Crippen molar-refractivity contribution in [3.8, 4) is 0 Å². The number of hydrogen-bond acceptors (Lipinski definition) is 3. The molecule has 4 rings (SSSR count). The molecule has 150 valence electrons. The SMILES string of the molecule is O=C(CCC1CCN(Cc2ccc3ccccc3c2)CC1)NC[C@H]1CCCO1. The number of nitrogens with zero attached hydrogens (tertiary/aromatic N) is 1. The zero-order valence-electron chi connectivity index (χ0n) is 16.7. The predicted molar refractivity (Wildman–Crippen MR) is 113 cm³/mol. The van der Waals surface area contributed by atoms with E-state index in [1.54, 1.807) is 0 Å². The number of nitrogens with one attached hydrogen (secondary N) is 1. The van der Waals surface area contributed by atoms with Gasteiger partial charge in [-0.25, -0.2) is 0 Å². The lowest BCUT2D eigenvalue weighted by Crippen LogP contribution is -2.34. The fraction of sp³-hybridized carbons (Fsp3) is 0.542. The number of likely N-dealkylation sites (tertiary alicyclic amines) is 1. The van der Waals surface area contributed by atoms with Crippen molar-refractivity contribution in [3.05, 3.63) is 48.0 Å². The van der Waals surface area contributed by atoms with E-state index in [9.17, 15) is 4.79 Å². The fourth-order valence-electron chi connectivity index (χ4n) is 4.49. The number of ether oxygens (including phenoxy) is 1. The van der Waals surface area contributed by atoms with Crippen LogP contribution in [0.25, 0.3) is 10.8 Å². The lowest BCUT2D eigenvalue weighted by atomic mass is 9.91. The van der Waals surface area contributed by atoms with Gasteiger partial charge in [-0.05, 0) is 73.5 Å². The Morgan fingerprint density at radius 1 is 1.07 bits per heavy atom. The molecule has 1 amide bonds. The summed E-state index contributed by atoms with van der Waals surface area (Å²) in [6.45, 7) is 4.82. The molecule has 0 aliphatic carbocycles. The molecule has 28 heavy (non-hydrogen) atoms. The van der Waals surface area contributed by atoms with Gasteiger partial charge in [0.15, 0.2) is 0 Å². The lowest BCUT2D eigenvalue weighted by Gasteiger charge is -2.32. The molecule has 0 unspecified atom stereocenters. The highest BCUT2D eigenvalue weighted by Crippen LogP contribution is 2.24. The molecular formula is C24H32N2O2. The van der Waals surface area contributed by atoms with E-state index in [1.807, 2.05) is 0 Å². The molecule has 2 heterocycles. The largest absolute Gasteiger partial charge is 0.376 e. The van der Waals surface area contributed by atoms with Crippen molar-refractivity contribution >= 4 is 16.7 Å². The summed E-state index contributed by atoms with van der Waals surface area (Å²) >= 11 is 0. The maximum Gasteiger partial charge on any atom is 0.220 e. The van der Waals surface area contributed by atoms with Crippen LogP contribution in [0.4, 0.5) is 0 Å². The average Bonchev–Trinajstić information content (AvgIpc) is 3.25. The Kier molecular flexibility index (Phi) is 6.61. The van der Waals surface area contributed by atoms with Crippen LogP contribution < -0.4 is 5.32 Å². The standard InChI is InChI=1S/C24H32N2O2/c27-24(25-17-23-6-3-15-28-23)10-8-19-11-13-26(14-12-19)18-20-7-9-21-4-1-2-5-22(21)16-20/h1-2,4-5,7,9,16,19,23H,3,6,8,10-15,17-18H2,(H,25,27)/t23-/m1/s1. The van der Waals surface area contributed by atoms with Gasteiger partial charge in [-0.15, -0.1) is 0 Å². The maximum atomic E-state index is 12.1. The van der Waals surface area contributed by atoms with Crippen molar-refractivity contribution in [1.29, 1.82) is 0 Å². The summed E-state index contributed by atoms with van der Waals surface area (Å²) in [5.74, 6) is 0.871. The second kappa shape index (κ2) is 9.53. The van der Waals surface area contributed by atoms with Gasteiger partial charge in [-0.1, -0.05) is 36.4 Å². The third-order valence-electron chi connectivity index (χ3n) is 6.26. The topological polar surface area (TPSA) is 41.6 Å². The molecule has 4 heteroatoms. The summed E-state index contributed by atoms with van der Waals surface area (Å²) < 4.78 is 5.56. The summed E-state index contributed by atoms with van der Waals surface area (Å²) in [5, 5.41) is 5.68. The molecule has 0 aromatic heterocycles. The van der Waals surface area contributed by atoms with Crippen LogP contribution in [0.15, 0.2) is 42.5 Å². The minimum Gasteiger partial charge on any atom is -0.376 e. The normalized spacial score (nSPS) is 21.2. The Bertz CT molecular complexity index is 777. The van der Waals surface area contributed by atoms with Gasteiger partial charge in [0.05, 0.1) is 6.10 Å². The first-order valence-electron chi connectivity index (χ1n) is 10.8. The fourth-order valence-corrected chi connectivity index (χ4v) is 4.49. The third kappa shape index (κ3) is 5.33. The molecule has 2 aliphatic rings. The highest BCUT2D eigenvalue weighted by Gasteiger charge is 2.21. The Morgan fingerprint density at radius 2 is 1.89 bits per heavy atom. The Labute approximate surface area is 168 Å². The van der Waals surface area contributed by atoms with Crippen molar-refractivity contribution in [3.63, 3.8) is 0 Å². The average molecular weight is 381 g/mol. The number of hydrogen-bond donors (Lipinski definition) is 1. The summed E-state index contributed by atoms with van der Waals surface area (Å²) in [5.41, 5.74) is 1.39. The van der Waals surface area contributed by atoms with Crippen LogP contribution in [-0.2, 0) is 16.1 Å². The quantitative estimate of drug-likeness (QED) is 0.785. The zero-order chi connectivity index (χ0) is 19.2. The third-order valence-corrected chi connectivity index (χ3v) is 6.26. The second-order valence-corrected chi connectivity index (χ2v) is 8.38. The second-order valence-electron chi connectivity index (χ2n) is 8.38. The van der Waals surface area contributed by atoms with Gasteiger partial charge in [0.1, 0.15) is 0 Å². The molecule has 2 aromatic carbocycles. The van der Waals surface area contributed by atoms with Crippen molar-refractivity contribution in [2.24, 2.45) is 5.92 Å². The molecule has 2 fully saturated rings. The van der Waals surface area contributed by atoms with E-state index >= 15 is 0 Å². The van der Waals surface area contributed by atoms with Crippen LogP contribution in [0, 0.1) is 5.92 Å². The summed E-state index contributed by atoms with van der Waals surface area (Å²) in [6.07, 6.45) is 6.51. The highest BCUT2D eigenvalue weighted by molar-refractivity contribution is 5.83. The number of carbonyl (C=O) groups excluding carboxylic acids is 1. The van der Waals surface area contributed by atoms with Crippen molar-refractivity contribution in [2.45, 2.75) is 51.2 Å². The van der Waals surface area contributed by atoms with E-state index in [-0.39, 0.29) is 12.0 Å². The monoisotopic (exact) mass is 380 g/mol. The van der Waals surface area contributed by atoms with Gasteiger partial charge >= 0.3 is 0 Å². The van der Waals surface area contributed by atoms with E-state index < -0.39 is 0 Å². The predicted octanol–water partition coefficient (Wildman–Crippen LogP) is 4.13. The maximum absolute atomic E-state index is 12.1. The van der Waals surface area contributed by atoms with Crippen LogP contribution in [0.1, 0.15) is 44.1 Å². The smallest absolute Gasteiger partial charge is 0.220 e. The first-order chi connectivity index (χ1) is 13.8. The van der Waals surface area contributed by atoms with E-state index in [1.165, 1.54) is 29.2 Å². The van der Waals surface area contributed by atoms with Gasteiger partial charge in [0.2, 0.25) is 5.91 Å². The molecule has 0 saturated carbocycles. The molecule has 1 atom stereocenters. The van der Waals surface area contributed by atoms with Crippen molar-refractivity contribution in [2.75, 3.05) is 26.2 Å². The van der Waals surface area contributed by atoms with Gasteiger partial charge in [-0.2, -0.15) is 0 Å². The van der Waals surface area contributed by atoms with Crippen LogP contribution in [0.2, 0.25) is 0 Å². The first kappa shape index (κ1) is 19.4. The Morgan fingerprint density at radius 3 is 2.68 bits per heavy atom. The summed E-state index contributed by atoms with van der Waals surface area (Å²) in [4.78, 5) is 14.6. The number of fused-ring (bicyclic) bond motifs is 1. The highest BCUT2D eigenvalue weighted by atomic mass is 16.5. The molecule has 2 aromatic rings. The van der Waals surface area contributed by atoms with Gasteiger partial charge in [0.25, 0.3) is 0 Å². The van der Waals surface area contributed by atoms with Gasteiger partial charge in [0, 0.05) is 26.1 Å². The lowest BCUT2D eigenvalue weighted by molar-refractivity contribution is -0.122. The minimum absolute atomic E-state index is 0.189. The summed E-state index contributed by atoms with van der Waals surface area (Å²) in [6, 6.07) is 15.4. The molecule has 4 nitrogen and oxygen atoms in total. The van der Waals surface area contributed by atoms with E-state index in [2.05, 4.69) is 52.7 Å². The van der Waals surface area contributed by atoms with Crippen LogP contribution >= 0.6 is 0 Å². The minimum atomic E-state index is 0.189. The van der Waals surface area contributed by atoms with E-state index in [0.717, 1.165) is 45.5 Å². The molecule has 0 bridgehead atoms. The van der Waals surface area contributed by atoms with Gasteiger partial charge in [-0.3, -0.25) is 9.69 Å². The molecule has 2 saturated heterocycles. The Hall–Kier alpha value is -1.91. The number of piperidine rings is 1. The van der Waals surface area contributed by atoms with Gasteiger partial charge < -0.3 is 10.1 Å². The number of rotatable bonds is 7.